The molecule has 2 rings (SSSR count). The number of urea groups is 1. The van der Waals surface area contributed by atoms with Gasteiger partial charge in [0.05, 0.1) is 12.5 Å². The molecule has 98 valence electrons. The predicted octanol–water partition coefficient (Wildman–Crippen LogP) is 1.68. The van der Waals surface area contributed by atoms with Gasteiger partial charge in [0.1, 0.15) is 0 Å². The van der Waals surface area contributed by atoms with E-state index in [-0.39, 0.29) is 29.3 Å². The highest BCUT2D eigenvalue weighted by molar-refractivity contribution is 6.22. The summed E-state index contributed by atoms with van der Waals surface area (Å²) < 4.78 is 0. The molecule has 0 radical (unpaired) electrons. The average Bonchev–Trinajstić information content (AvgIpc) is 2.36. The van der Waals surface area contributed by atoms with Crippen molar-refractivity contribution in [2.24, 2.45) is 5.92 Å². The van der Waals surface area contributed by atoms with Crippen molar-refractivity contribution in [3.8, 4) is 11.8 Å². The molecule has 0 aromatic carbocycles. The number of alkyl halides is 1. The summed E-state index contributed by atoms with van der Waals surface area (Å²) in [6.45, 7) is 2.11. The molecule has 1 heterocycles. The number of halogens is 1. The third kappa shape index (κ3) is 2.08. The van der Waals surface area contributed by atoms with Gasteiger partial charge in [0.2, 0.25) is 5.91 Å². The molecular formula is C13H17ClN2O2. The van der Waals surface area contributed by atoms with Gasteiger partial charge in [-0.25, -0.2) is 4.79 Å². The molecule has 3 atom stereocenters. The van der Waals surface area contributed by atoms with E-state index in [0.29, 0.717) is 6.54 Å². The third-order valence-corrected chi connectivity index (χ3v) is 4.25. The second-order valence-electron chi connectivity index (χ2n) is 4.77. The molecule has 1 saturated carbocycles. The zero-order valence-corrected chi connectivity index (χ0v) is 11.4. The molecule has 4 nitrogen and oxygen atoms in total. The van der Waals surface area contributed by atoms with Crippen LogP contribution in [0.1, 0.15) is 26.2 Å². The Labute approximate surface area is 112 Å². The Kier molecular flexibility index (Phi) is 3.82. The summed E-state index contributed by atoms with van der Waals surface area (Å²) in [5.74, 6) is 5.27. The van der Waals surface area contributed by atoms with Gasteiger partial charge in [-0.2, -0.15) is 0 Å². The summed E-state index contributed by atoms with van der Waals surface area (Å²) in [5.41, 5.74) is 0. The largest absolute Gasteiger partial charge is 0.327 e. The van der Waals surface area contributed by atoms with E-state index in [1.165, 1.54) is 11.9 Å². The number of nitrogens with zero attached hydrogens (tertiary/aromatic N) is 2. The zero-order valence-electron chi connectivity index (χ0n) is 10.6. The molecular weight excluding hydrogens is 252 g/mol. The Morgan fingerprint density at radius 1 is 1.39 bits per heavy atom. The van der Waals surface area contributed by atoms with Gasteiger partial charge in [0, 0.05) is 18.5 Å². The highest BCUT2D eigenvalue weighted by Gasteiger charge is 2.48. The topological polar surface area (TPSA) is 40.6 Å². The van der Waals surface area contributed by atoms with Crippen molar-refractivity contribution in [1.82, 2.24) is 9.80 Å². The van der Waals surface area contributed by atoms with Crippen LogP contribution < -0.4 is 0 Å². The van der Waals surface area contributed by atoms with Gasteiger partial charge >= 0.3 is 6.03 Å². The molecule has 1 aliphatic heterocycles. The minimum absolute atomic E-state index is 0.0849. The highest BCUT2D eigenvalue weighted by atomic mass is 35.5. The summed E-state index contributed by atoms with van der Waals surface area (Å²) in [7, 11) is 1.52. The van der Waals surface area contributed by atoms with Crippen LogP contribution in [0.5, 0.6) is 0 Å². The van der Waals surface area contributed by atoms with Gasteiger partial charge in [0.25, 0.3) is 0 Å². The van der Waals surface area contributed by atoms with Crippen LogP contribution >= 0.6 is 11.6 Å². The number of hydrogen-bond donors (Lipinski definition) is 0. The average molecular weight is 269 g/mol. The maximum absolute atomic E-state index is 12.2. The summed E-state index contributed by atoms with van der Waals surface area (Å²) in [5, 5.41) is -0.177. The minimum Gasteiger partial charge on any atom is -0.309 e. The second kappa shape index (κ2) is 5.19. The standard InChI is InChI=1S/C13H17ClN2O2/c1-3-4-8-16-10-7-5-6-9(14)11(10)12(17)15(2)13(16)18/h9-11H,5-8H2,1-2H3. The van der Waals surface area contributed by atoms with Crippen LogP contribution in [0.25, 0.3) is 0 Å². The molecule has 3 unspecified atom stereocenters. The van der Waals surface area contributed by atoms with Crippen LogP contribution in [-0.2, 0) is 4.79 Å². The Morgan fingerprint density at radius 3 is 2.78 bits per heavy atom. The van der Waals surface area contributed by atoms with Gasteiger partial charge in [-0.1, -0.05) is 5.92 Å². The molecule has 3 amide bonds. The van der Waals surface area contributed by atoms with E-state index in [1.54, 1.807) is 11.8 Å². The first-order valence-corrected chi connectivity index (χ1v) is 6.63. The van der Waals surface area contributed by atoms with Gasteiger partial charge in [-0.15, -0.1) is 17.5 Å². The number of carbonyl (C=O) groups excluding carboxylic acids is 2. The molecule has 1 aliphatic carbocycles. The van der Waals surface area contributed by atoms with Crippen LogP contribution in [0, 0.1) is 17.8 Å². The fourth-order valence-corrected chi connectivity index (χ4v) is 3.22. The van der Waals surface area contributed by atoms with Crippen LogP contribution in [0.4, 0.5) is 4.79 Å². The lowest BCUT2D eigenvalue weighted by molar-refractivity contribution is -0.138. The lowest BCUT2D eigenvalue weighted by Crippen LogP contribution is -2.63. The van der Waals surface area contributed by atoms with Gasteiger partial charge in [-0.3, -0.25) is 9.69 Å². The maximum atomic E-state index is 12.2. The lowest BCUT2D eigenvalue weighted by atomic mass is 9.81. The minimum atomic E-state index is -0.276. The van der Waals surface area contributed by atoms with E-state index in [1.807, 2.05) is 0 Å². The second-order valence-corrected chi connectivity index (χ2v) is 5.34. The number of hydrogen-bond acceptors (Lipinski definition) is 2. The Bertz CT molecular complexity index is 426. The summed E-state index contributed by atoms with van der Waals surface area (Å²) in [6, 6.07) is -0.340. The van der Waals surface area contributed by atoms with Gasteiger partial charge in [0.15, 0.2) is 0 Å². The van der Waals surface area contributed by atoms with E-state index < -0.39 is 0 Å². The number of imide groups is 1. The molecule has 0 aromatic rings. The molecule has 0 aromatic heterocycles. The fraction of sp³-hybridized carbons (Fsp3) is 0.692. The molecule has 18 heavy (non-hydrogen) atoms. The summed E-state index contributed by atoms with van der Waals surface area (Å²) in [6.07, 6.45) is 2.63. The summed E-state index contributed by atoms with van der Waals surface area (Å²) in [4.78, 5) is 27.2. The van der Waals surface area contributed by atoms with Crippen molar-refractivity contribution in [2.75, 3.05) is 13.6 Å². The number of amides is 3. The first-order valence-electron chi connectivity index (χ1n) is 6.19. The maximum Gasteiger partial charge on any atom is 0.327 e. The molecule has 5 heteroatoms. The van der Waals surface area contributed by atoms with E-state index >= 15 is 0 Å². The van der Waals surface area contributed by atoms with Crippen LogP contribution in [0.3, 0.4) is 0 Å². The third-order valence-electron chi connectivity index (χ3n) is 3.76. The van der Waals surface area contributed by atoms with Crippen molar-refractivity contribution in [3.05, 3.63) is 0 Å². The molecule has 0 bridgehead atoms. The van der Waals surface area contributed by atoms with Crippen LogP contribution in [0.2, 0.25) is 0 Å². The molecule has 0 N–H and O–H groups in total. The Balaban J connectivity index is 2.30. The van der Waals surface area contributed by atoms with Crippen LogP contribution in [0.15, 0.2) is 0 Å². The smallest absolute Gasteiger partial charge is 0.309 e. The molecule has 0 spiro atoms. The van der Waals surface area contributed by atoms with Crippen molar-refractivity contribution in [2.45, 2.75) is 37.6 Å². The highest BCUT2D eigenvalue weighted by Crippen LogP contribution is 2.36. The Morgan fingerprint density at radius 2 is 2.11 bits per heavy atom. The quantitative estimate of drug-likeness (QED) is 0.536. The molecule has 1 saturated heterocycles. The van der Waals surface area contributed by atoms with Crippen molar-refractivity contribution in [1.29, 1.82) is 0 Å². The number of fused-ring (bicyclic) bond motifs is 1. The molecule has 2 aliphatic rings. The van der Waals surface area contributed by atoms with Crippen LogP contribution in [-0.4, -0.2) is 46.7 Å². The normalized spacial score (nSPS) is 31.8. The monoisotopic (exact) mass is 268 g/mol. The fourth-order valence-electron chi connectivity index (χ4n) is 2.79. The van der Waals surface area contributed by atoms with E-state index in [9.17, 15) is 9.59 Å². The van der Waals surface area contributed by atoms with Gasteiger partial charge < -0.3 is 4.90 Å². The SMILES string of the molecule is CC#CCN1C(=O)N(C)C(=O)C2C(Cl)CCCC21. The van der Waals surface area contributed by atoms with Crippen molar-refractivity contribution in [3.63, 3.8) is 0 Å². The number of carbonyl (C=O) groups is 2. The first-order chi connectivity index (χ1) is 8.57. The van der Waals surface area contributed by atoms with E-state index in [0.717, 1.165) is 19.3 Å². The zero-order chi connectivity index (χ0) is 13.3. The van der Waals surface area contributed by atoms with E-state index in [4.69, 9.17) is 11.6 Å². The predicted molar refractivity (Wildman–Crippen MR) is 69.1 cm³/mol. The van der Waals surface area contributed by atoms with Crippen molar-refractivity contribution < 1.29 is 9.59 Å². The van der Waals surface area contributed by atoms with Gasteiger partial charge in [-0.05, 0) is 26.2 Å². The Hall–Kier alpha value is -1.21. The van der Waals surface area contributed by atoms with E-state index in [2.05, 4.69) is 11.8 Å². The lowest BCUT2D eigenvalue weighted by Gasteiger charge is -2.46. The summed E-state index contributed by atoms with van der Waals surface area (Å²) >= 11 is 6.28. The first kappa shape index (κ1) is 13.2. The number of rotatable bonds is 1. The van der Waals surface area contributed by atoms with Crippen molar-refractivity contribution >= 4 is 23.5 Å². The molecule has 2 fully saturated rings.